The number of likely N-dealkylation sites (N-methyl/N-ethyl adjacent to an activating group) is 1. The Morgan fingerprint density at radius 2 is 1.55 bits per heavy atom. The lowest BCUT2D eigenvalue weighted by Crippen LogP contribution is -2.23. The highest BCUT2D eigenvalue weighted by atomic mass is 79.9. The van der Waals surface area contributed by atoms with Gasteiger partial charge in [0, 0.05) is 37.8 Å². The maximum atomic E-state index is 11.7. The number of nitrogens with zero attached hydrogens (tertiary/aromatic N) is 1. The molecule has 0 aliphatic carbocycles. The van der Waals surface area contributed by atoms with Crippen molar-refractivity contribution in [2.45, 2.75) is 6.54 Å². The molecule has 0 atom stereocenters. The maximum absolute atomic E-state index is 11.7. The van der Waals surface area contributed by atoms with Crippen molar-refractivity contribution in [2.24, 2.45) is 0 Å². The summed E-state index contributed by atoms with van der Waals surface area (Å²) in [6, 6.07) is 12.2. The summed E-state index contributed by atoms with van der Waals surface area (Å²) in [7, 11) is 1.66. The highest BCUT2D eigenvalue weighted by Gasteiger charge is 2.13. The van der Waals surface area contributed by atoms with Crippen molar-refractivity contribution in [3.05, 3.63) is 45.3 Å². The van der Waals surface area contributed by atoms with E-state index in [-0.39, 0.29) is 5.91 Å². The fourth-order valence-corrected chi connectivity index (χ4v) is 3.16. The number of benzene rings is 2. The highest BCUT2D eigenvalue weighted by molar-refractivity contribution is 9.10. The monoisotopic (exact) mass is 394 g/mol. The summed E-state index contributed by atoms with van der Waals surface area (Å²) in [4.78, 5) is 11.7. The molecule has 0 saturated heterocycles. The molecule has 2 aromatic carbocycles. The van der Waals surface area contributed by atoms with Crippen LogP contribution in [-0.4, -0.2) is 17.5 Å². The van der Waals surface area contributed by atoms with Crippen LogP contribution < -0.4 is 5.32 Å². The Bertz CT molecular complexity index is 764. The minimum Gasteiger partial charge on any atom is -0.358 e. The summed E-state index contributed by atoms with van der Waals surface area (Å²) in [5.74, 6) is -0.00497. The average molecular weight is 396 g/mol. The summed E-state index contributed by atoms with van der Waals surface area (Å²) in [5.41, 5.74) is 2.12. The highest BCUT2D eigenvalue weighted by Crippen LogP contribution is 2.32. The van der Waals surface area contributed by atoms with Crippen LogP contribution in [0.3, 0.4) is 0 Å². The topological polar surface area (TPSA) is 34.0 Å². The molecule has 0 spiro atoms. The third kappa shape index (κ3) is 2.25. The van der Waals surface area contributed by atoms with Crippen LogP contribution in [0, 0.1) is 0 Å². The second-order valence-electron chi connectivity index (χ2n) is 4.58. The molecule has 102 valence electrons. The molecule has 0 aliphatic rings. The van der Waals surface area contributed by atoms with Gasteiger partial charge in [0.25, 0.3) is 0 Å². The van der Waals surface area contributed by atoms with Gasteiger partial charge in [-0.3, -0.25) is 4.79 Å². The Morgan fingerprint density at radius 1 is 1.05 bits per heavy atom. The van der Waals surface area contributed by atoms with E-state index in [2.05, 4.69) is 49.3 Å². The minimum atomic E-state index is -0.00497. The Kier molecular flexibility index (Phi) is 3.56. The minimum absolute atomic E-state index is 0.00497. The smallest absolute Gasteiger partial charge is 0.239 e. The van der Waals surface area contributed by atoms with E-state index < -0.39 is 0 Å². The molecule has 3 rings (SSSR count). The first-order valence-electron chi connectivity index (χ1n) is 6.18. The van der Waals surface area contributed by atoms with Crippen LogP contribution in [0.1, 0.15) is 0 Å². The predicted molar refractivity (Wildman–Crippen MR) is 88.9 cm³/mol. The summed E-state index contributed by atoms with van der Waals surface area (Å²) < 4.78 is 4.11. The lowest BCUT2D eigenvalue weighted by atomic mass is 10.2. The number of nitrogens with one attached hydrogen (secondary N) is 1. The van der Waals surface area contributed by atoms with Gasteiger partial charge in [0.2, 0.25) is 5.91 Å². The summed E-state index contributed by atoms with van der Waals surface area (Å²) in [6.45, 7) is 0.319. The van der Waals surface area contributed by atoms with E-state index in [1.165, 1.54) is 0 Å². The zero-order valence-corrected chi connectivity index (χ0v) is 14.0. The lowest BCUT2D eigenvalue weighted by Gasteiger charge is -2.06. The predicted octanol–water partition coefficient (Wildman–Crippen LogP) is 4.07. The van der Waals surface area contributed by atoms with E-state index in [0.717, 1.165) is 30.8 Å². The first-order valence-corrected chi connectivity index (χ1v) is 7.76. The molecule has 0 bridgehead atoms. The van der Waals surface area contributed by atoms with Crippen molar-refractivity contribution in [1.82, 2.24) is 9.88 Å². The summed E-state index contributed by atoms with van der Waals surface area (Å²) in [5, 5.41) is 4.95. The van der Waals surface area contributed by atoms with Gasteiger partial charge in [0.1, 0.15) is 6.54 Å². The maximum Gasteiger partial charge on any atom is 0.239 e. The Hall–Kier alpha value is -1.33. The first kappa shape index (κ1) is 13.6. The fraction of sp³-hybridized carbons (Fsp3) is 0.133. The quantitative estimate of drug-likeness (QED) is 0.697. The largest absolute Gasteiger partial charge is 0.358 e. The van der Waals surface area contributed by atoms with Crippen molar-refractivity contribution < 1.29 is 4.79 Å². The van der Waals surface area contributed by atoms with Crippen LogP contribution >= 0.6 is 31.9 Å². The van der Waals surface area contributed by atoms with Gasteiger partial charge >= 0.3 is 0 Å². The number of fused-ring (bicyclic) bond motifs is 3. The number of amides is 1. The second kappa shape index (κ2) is 5.22. The third-order valence-electron chi connectivity index (χ3n) is 3.37. The average Bonchev–Trinajstić information content (AvgIpc) is 2.72. The molecule has 0 radical (unpaired) electrons. The number of halogens is 2. The standard InChI is InChI=1S/C15H12Br2N2O/c1-18-15(20)8-19-13-4-2-9(16)6-11(13)12-7-10(17)3-5-14(12)19/h2-7H,8H2,1H3,(H,18,20). The van der Waals surface area contributed by atoms with Crippen molar-refractivity contribution >= 4 is 59.6 Å². The Labute approximate surface area is 133 Å². The van der Waals surface area contributed by atoms with Gasteiger partial charge in [-0.05, 0) is 36.4 Å². The molecule has 1 N–H and O–H groups in total. The van der Waals surface area contributed by atoms with E-state index >= 15 is 0 Å². The number of rotatable bonds is 2. The molecular weight excluding hydrogens is 384 g/mol. The number of hydrogen-bond donors (Lipinski definition) is 1. The SMILES string of the molecule is CNC(=O)Cn1c2ccc(Br)cc2c2cc(Br)ccc21. The van der Waals surface area contributed by atoms with Gasteiger partial charge in [-0.2, -0.15) is 0 Å². The molecule has 0 fully saturated rings. The normalized spacial score (nSPS) is 11.2. The van der Waals surface area contributed by atoms with Gasteiger partial charge in [-0.15, -0.1) is 0 Å². The Morgan fingerprint density at radius 3 is 2.00 bits per heavy atom. The molecule has 5 heteroatoms. The molecule has 1 amide bonds. The van der Waals surface area contributed by atoms with Gasteiger partial charge in [-0.1, -0.05) is 31.9 Å². The number of hydrogen-bond acceptors (Lipinski definition) is 1. The van der Waals surface area contributed by atoms with E-state index in [4.69, 9.17) is 0 Å². The van der Waals surface area contributed by atoms with Gasteiger partial charge in [-0.25, -0.2) is 0 Å². The van der Waals surface area contributed by atoms with Crippen LogP contribution in [-0.2, 0) is 11.3 Å². The molecule has 0 saturated carbocycles. The molecule has 1 heterocycles. The second-order valence-corrected chi connectivity index (χ2v) is 6.41. The van der Waals surface area contributed by atoms with E-state index in [1.54, 1.807) is 7.05 Å². The number of carbonyl (C=O) groups excluding carboxylic acids is 1. The molecule has 0 aliphatic heterocycles. The van der Waals surface area contributed by atoms with Crippen molar-refractivity contribution in [2.75, 3.05) is 7.05 Å². The Balaban J connectivity index is 2.37. The zero-order valence-electron chi connectivity index (χ0n) is 10.8. The van der Waals surface area contributed by atoms with Gasteiger partial charge in [0.15, 0.2) is 0 Å². The van der Waals surface area contributed by atoms with Crippen LogP contribution in [0.5, 0.6) is 0 Å². The van der Waals surface area contributed by atoms with Gasteiger partial charge < -0.3 is 9.88 Å². The van der Waals surface area contributed by atoms with Crippen molar-refractivity contribution in [1.29, 1.82) is 0 Å². The molecule has 3 aromatic rings. The summed E-state index contributed by atoms with van der Waals surface area (Å²) >= 11 is 7.02. The number of aromatic nitrogens is 1. The fourth-order valence-electron chi connectivity index (χ4n) is 2.44. The van der Waals surface area contributed by atoms with Crippen molar-refractivity contribution in [3.8, 4) is 0 Å². The molecule has 20 heavy (non-hydrogen) atoms. The zero-order chi connectivity index (χ0) is 14.3. The lowest BCUT2D eigenvalue weighted by molar-refractivity contribution is -0.121. The van der Waals surface area contributed by atoms with Crippen LogP contribution in [0.15, 0.2) is 45.3 Å². The van der Waals surface area contributed by atoms with Crippen LogP contribution in [0.25, 0.3) is 21.8 Å². The number of carbonyl (C=O) groups is 1. The molecular formula is C15H12Br2N2O. The first-order chi connectivity index (χ1) is 9.60. The molecule has 3 nitrogen and oxygen atoms in total. The van der Waals surface area contributed by atoms with E-state index in [0.29, 0.717) is 6.54 Å². The van der Waals surface area contributed by atoms with E-state index in [9.17, 15) is 4.79 Å². The molecule has 1 aromatic heterocycles. The van der Waals surface area contributed by atoms with Crippen molar-refractivity contribution in [3.63, 3.8) is 0 Å². The molecule has 0 unspecified atom stereocenters. The third-order valence-corrected chi connectivity index (χ3v) is 4.36. The van der Waals surface area contributed by atoms with Gasteiger partial charge in [0.05, 0.1) is 0 Å². The summed E-state index contributed by atoms with van der Waals surface area (Å²) in [6.07, 6.45) is 0. The van der Waals surface area contributed by atoms with Crippen LogP contribution in [0.2, 0.25) is 0 Å². The van der Waals surface area contributed by atoms with Crippen LogP contribution in [0.4, 0.5) is 0 Å². The van der Waals surface area contributed by atoms with E-state index in [1.807, 2.05) is 28.8 Å².